The molecule has 0 N–H and O–H groups in total. The minimum atomic E-state index is 1.03. The van der Waals surface area contributed by atoms with Crippen LogP contribution in [-0.2, 0) is 7.05 Å². The molecule has 0 aliphatic heterocycles. The first-order valence-corrected chi connectivity index (χ1v) is 5.47. The molecule has 2 aromatic rings. The van der Waals surface area contributed by atoms with Gasteiger partial charge in [0.15, 0.2) is 5.82 Å². The van der Waals surface area contributed by atoms with Gasteiger partial charge in [-0.2, -0.15) is 5.10 Å². The molecule has 0 saturated heterocycles. The Hall–Kier alpha value is -0.780. The van der Waals surface area contributed by atoms with E-state index in [0.717, 1.165) is 5.82 Å². The van der Waals surface area contributed by atoms with Gasteiger partial charge >= 0.3 is 0 Å². The van der Waals surface area contributed by atoms with E-state index in [2.05, 4.69) is 45.9 Å². The summed E-state index contributed by atoms with van der Waals surface area (Å²) in [6.45, 7) is 0. The van der Waals surface area contributed by atoms with Crippen LogP contribution in [0.15, 0.2) is 18.2 Å². The van der Waals surface area contributed by atoms with Crippen LogP contribution < -0.4 is 4.90 Å². The number of benzene rings is 1. The molecule has 0 unspecified atom stereocenters. The van der Waals surface area contributed by atoms with Gasteiger partial charge in [0.25, 0.3) is 0 Å². The highest BCUT2D eigenvalue weighted by atomic mass is 127. The van der Waals surface area contributed by atoms with Crippen molar-refractivity contribution in [3.8, 4) is 0 Å². The third-order valence-electron chi connectivity index (χ3n) is 2.22. The van der Waals surface area contributed by atoms with Crippen molar-refractivity contribution in [1.82, 2.24) is 9.78 Å². The molecule has 3 nitrogen and oxygen atoms in total. The van der Waals surface area contributed by atoms with E-state index in [1.165, 1.54) is 14.5 Å². The standard InChI is InChI=1S/C10H12IN3/c1-13(2)10-8-5-4-7(11)6-9(8)14(3)12-10/h4-6H,1-3H3. The lowest BCUT2D eigenvalue weighted by Crippen LogP contribution is -2.09. The maximum Gasteiger partial charge on any atom is 0.158 e. The first-order valence-electron chi connectivity index (χ1n) is 4.39. The van der Waals surface area contributed by atoms with Crippen LogP contribution in [0, 0.1) is 3.57 Å². The average molecular weight is 301 g/mol. The number of hydrogen-bond acceptors (Lipinski definition) is 2. The van der Waals surface area contributed by atoms with E-state index in [0.29, 0.717) is 0 Å². The zero-order chi connectivity index (χ0) is 10.3. The Morgan fingerprint density at radius 2 is 2.07 bits per heavy atom. The fourth-order valence-corrected chi connectivity index (χ4v) is 2.02. The smallest absolute Gasteiger partial charge is 0.158 e. The predicted octanol–water partition coefficient (Wildman–Crippen LogP) is 2.24. The number of rotatable bonds is 1. The molecule has 0 amide bonds. The van der Waals surface area contributed by atoms with E-state index in [1.807, 2.05) is 30.7 Å². The Balaban J connectivity index is 2.77. The highest BCUT2D eigenvalue weighted by molar-refractivity contribution is 14.1. The minimum Gasteiger partial charge on any atom is -0.361 e. The molecule has 0 fully saturated rings. The maximum absolute atomic E-state index is 4.47. The molecule has 0 radical (unpaired) electrons. The van der Waals surface area contributed by atoms with Gasteiger partial charge in [-0.1, -0.05) is 0 Å². The third-order valence-corrected chi connectivity index (χ3v) is 2.89. The van der Waals surface area contributed by atoms with Gasteiger partial charge in [-0.05, 0) is 40.8 Å². The summed E-state index contributed by atoms with van der Waals surface area (Å²) in [5, 5.41) is 5.68. The van der Waals surface area contributed by atoms with Crippen molar-refractivity contribution in [2.75, 3.05) is 19.0 Å². The van der Waals surface area contributed by atoms with Gasteiger partial charge in [-0.25, -0.2) is 0 Å². The quantitative estimate of drug-likeness (QED) is 0.753. The van der Waals surface area contributed by atoms with Crippen LogP contribution in [0.25, 0.3) is 10.9 Å². The van der Waals surface area contributed by atoms with E-state index < -0.39 is 0 Å². The van der Waals surface area contributed by atoms with Crippen LogP contribution in [0.3, 0.4) is 0 Å². The molecule has 14 heavy (non-hydrogen) atoms. The average Bonchev–Trinajstić information content (AvgIpc) is 2.44. The lowest BCUT2D eigenvalue weighted by atomic mass is 10.2. The Kier molecular flexibility index (Phi) is 2.38. The first-order chi connectivity index (χ1) is 6.59. The monoisotopic (exact) mass is 301 g/mol. The first kappa shape index (κ1) is 9.76. The fraction of sp³-hybridized carbons (Fsp3) is 0.300. The van der Waals surface area contributed by atoms with Crippen molar-refractivity contribution < 1.29 is 0 Å². The predicted molar refractivity (Wildman–Crippen MR) is 67.8 cm³/mol. The van der Waals surface area contributed by atoms with Crippen molar-refractivity contribution >= 4 is 39.3 Å². The van der Waals surface area contributed by atoms with E-state index in [4.69, 9.17) is 0 Å². The number of fused-ring (bicyclic) bond motifs is 1. The number of nitrogens with zero attached hydrogens (tertiary/aromatic N) is 3. The molecule has 0 aliphatic rings. The molecule has 4 heteroatoms. The molecule has 0 spiro atoms. The van der Waals surface area contributed by atoms with Gasteiger partial charge in [0, 0.05) is 30.1 Å². The normalized spacial score (nSPS) is 10.9. The number of halogens is 1. The summed E-state index contributed by atoms with van der Waals surface area (Å²) in [6, 6.07) is 6.38. The number of aromatic nitrogens is 2. The van der Waals surface area contributed by atoms with Gasteiger partial charge in [-0.3, -0.25) is 4.68 Å². The lowest BCUT2D eigenvalue weighted by Gasteiger charge is -2.07. The maximum atomic E-state index is 4.47. The van der Waals surface area contributed by atoms with E-state index in [1.54, 1.807) is 0 Å². The second-order valence-corrected chi connectivity index (χ2v) is 4.75. The van der Waals surface area contributed by atoms with Gasteiger partial charge < -0.3 is 4.90 Å². The van der Waals surface area contributed by atoms with Crippen LogP contribution >= 0.6 is 22.6 Å². The van der Waals surface area contributed by atoms with E-state index >= 15 is 0 Å². The van der Waals surface area contributed by atoms with Crippen LogP contribution in [0.5, 0.6) is 0 Å². The Labute approximate surface area is 96.8 Å². The fourth-order valence-electron chi connectivity index (χ4n) is 1.54. The van der Waals surface area contributed by atoms with Gasteiger partial charge in [0.1, 0.15) is 0 Å². The Bertz CT molecular complexity index is 473. The van der Waals surface area contributed by atoms with Crippen molar-refractivity contribution in [2.45, 2.75) is 0 Å². The summed E-state index contributed by atoms with van der Waals surface area (Å²) in [5.41, 5.74) is 1.18. The Morgan fingerprint density at radius 3 is 2.71 bits per heavy atom. The van der Waals surface area contributed by atoms with Crippen LogP contribution in [0.1, 0.15) is 0 Å². The molecule has 1 heterocycles. The molecular weight excluding hydrogens is 289 g/mol. The lowest BCUT2D eigenvalue weighted by molar-refractivity contribution is 0.789. The topological polar surface area (TPSA) is 21.1 Å². The van der Waals surface area contributed by atoms with Gasteiger partial charge in [-0.15, -0.1) is 0 Å². The van der Waals surface area contributed by atoms with E-state index in [-0.39, 0.29) is 0 Å². The van der Waals surface area contributed by atoms with E-state index in [9.17, 15) is 0 Å². The summed E-state index contributed by atoms with van der Waals surface area (Å²) in [4.78, 5) is 2.04. The number of anilines is 1. The molecular formula is C10H12IN3. The summed E-state index contributed by atoms with van der Waals surface area (Å²) >= 11 is 2.32. The molecule has 1 aromatic carbocycles. The summed E-state index contributed by atoms with van der Waals surface area (Å²) in [6.07, 6.45) is 0. The van der Waals surface area contributed by atoms with Gasteiger partial charge in [0.2, 0.25) is 0 Å². The molecule has 1 aromatic heterocycles. The summed E-state index contributed by atoms with van der Waals surface area (Å²) in [7, 11) is 6.00. The highest BCUT2D eigenvalue weighted by Crippen LogP contribution is 2.25. The van der Waals surface area contributed by atoms with Gasteiger partial charge in [0.05, 0.1) is 5.52 Å². The number of hydrogen-bond donors (Lipinski definition) is 0. The van der Waals surface area contributed by atoms with Crippen LogP contribution in [0.4, 0.5) is 5.82 Å². The zero-order valence-electron chi connectivity index (χ0n) is 8.45. The zero-order valence-corrected chi connectivity index (χ0v) is 10.6. The molecule has 74 valence electrons. The van der Waals surface area contributed by atoms with Crippen molar-refractivity contribution in [2.24, 2.45) is 7.05 Å². The van der Waals surface area contributed by atoms with Crippen molar-refractivity contribution in [3.63, 3.8) is 0 Å². The molecule has 0 aliphatic carbocycles. The van der Waals surface area contributed by atoms with Crippen LogP contribution in [-0.4, -0.2) is 23.9 Å². The minimum absolute atomic E-state index is 1.03. The number of aryl methyl sites for hydroxylation is 1. The van der Waals surface area contributed by atoms with Crippen LogP contribution in [0.2, 0.25) is 0 Å². The SMILES string of the molecule is CN(C)c1nn(C)c2cc(I)ccc12. The largest absolute Gasteiger partial charge is 0.361 e. The second-order valence-electron chi connectivity index (χ2n) is 3.50. The second kappa shape index (κ2) is 3.42. The summed E-state index contributed by atoms with van der Waals surface area (Å²) < 4.78 is 3.16. The molecule has 0 bridgehead atoms. The Morgan fingerprint density at radius 1 is 1.36 bits per heavy atom. The molecule has 0 atom stereocenters. The third kappa shape index (κ3) is 1.47. The van der Waals surface area contributed by atoms with Crippen molar-refractivity contribution in [1.29, 1.82) is 0 Å². The molecule has 2 rings (SSSR count). The van der Waals surface area contributed by atoms with Crippen molar-refractivity contribution in [3.05, 3.63) is 21.8 Å². The molecule has 0 saturated carbocycles. The summed E-state index contributed by atoms with van der Waals surface area (Å²) in [5.74, 6) is 1.03. The highest BCUT2D eigenvalue weighted by Gasteiger charge is 2.09.